The van der Waals surface area contributed by atoms with Crippen molar-refractivity contribution in [3.05, 3.63) is 48.0 Å². The zero-order chi connectivity index (χ0) is 13.0. The number of anilines is 2. The molecule has 1 heterocycles. The van der Waals surface area contributed by atoms with Gasteiger partial charge >= 0.3 is 0 Å². The van der Waals surface area contributed by atoms with Crippen LogP contribution in [0.4, 0.5) is 16.0 Å². The maximum Gasteiger partial charge on any atom is 0.133 e. The van der Waals surface area contributed by atoms with E-state index in [0.717, 1.165) is 17.2 Å². The van der Waals surface area contributed by atoms with Crippen molar-refractivity contribution in [2.24, 2.45) is 0 Å². The quantitative estimate of drug-likeness (QED) is 0.898. The highest BCUT2D eigenvalue weighted by atomic mass is 19.1. The molecule has 4 nitrogen and oxygen atoms in total. The number of hydrogen-bond acceptors (Lipinski definition) is 4. The molecule has 0 fully saturated rings. The smallest absolute Gasteiger partial charge is 0.133 e. The minimum atomic E-state index is -0.226. The van der Waals surface area contributed by atoms with Crippen LogP contribution in [0, 0.1) is 5.82 Å². The first-order chi connectivity index (χ1) is 8.65. The molecule has 0 saturated heterocycles. The summed E-state index contributed by atoms with van der Waals surface area (Å²) in [6.45, 7) is 0.601. The van der Waals surface area contributed by atoms with E-state index in [1.807, 2.05) is 25.1 Å². The third kappa shape index (κ3) is 3.16. The van der Waals surface area contributed by atoms with Crippen molar-refractivity contribution in [1.82, 2.24) is 9.97 Å². The fourth-order valence-electron chi connectivity index (χ4n) is 1.48. The normalized spacial score (nSPS) is 10.2. The van der Waals surface area contributed by atoms with Crippen molar-refractivity contribution in [2.45, 2.75) is 6.54 Å². The van der Waals surface area contributed by atoms with Crippen LogP contribution >= 0.6 is 0 Å². The van der Waals surface area contributed by atoms with E-state index < -0.39 is 0 Å². The maximum atomic E-state index is 12.7. The summed E-state index contributed by atoms with van der Waals surface area (Å²) in [4.78, 5) is 10.2. The molecule has 0 amide bonds. The zero-order valence-electron chi connectivity index (χ0n) is 10.4. The van der Waals surface area contributed by atoms with Crippen molar-refractivity contribution in [2.75, 3.05) is 24.3 Å². The summed E-state index contributed by atoms with van der Waals surface area (Å²) in [5, 5.41) is 3.18. The summed E-state index contributed by atoms with van der Waals surface area (Å²) >= 11 is 0. The largest absolute Gasteiger partial charge is 0.366 e. The fraction of sp³-hybridized carbons (Fsp3) is 0.231. The lowest BCUT2D eigenvalue weighted by Gasteiger charge is -2.12. The van der Waals surface area contributed by atoms with Crippen molar-refractivity contribution < 1.29 is 4.39 Å². The Morgan fingerprint density at radius 1 is 1.17 bits per heavy atom. The number of aromatic nitrogens is 2. The molecule has 0 aliphatic rings. The van der Waals surface area contributed by atoms with Gasteiger partial charge in [0, 0.05) is 26.7 Å². The van der Waals surface area contributed by atoms with Crippen LogP contribution in [0.25, 0.3) is 0 Å². The van der Waals surface area contributed by atoms with Crippen LogP contribution in [0.3, 0.4) is 0 Å². The first-order valence-electron chi connectivity index (χ1n) is 5.63. The van der Waals surface area contributed by atoms with Crippen LogP contribution in [0.5, 0.6) is 0 Å². The number of nitrogens with one attached hydrogen (secondary N) is 1. The number of hydrogen-bond donors (Lipinski definition) is 1. The second kappa shape index (κ2) is 5.44. The van der Waals surface area contributed by atoms with Gasteiger partial charge in [0.25, 0.3) is 0 Å². The first kappa shape index (κ1) is 12.3. The Bertz CT molecular complexity index is 511. The molecule has 94 valence electrons. The van der Waals surface area contributed by atoms with Crippen molar-refractivity contribution in [1.29, 1.82) is 0 Å². The lowest BCUT2D eigenvalue weighted by atomic mass is 10.2. The minimum absolute atomic E-state index is 0.226. The predicted octanol–water partition coefficient (Wildman–Crippen LogP) is 2.29. The number of benzene rings is 1. The molecule has 5 heteroatoms. The topological polar surface area (TPSA) is 41.0 Å². The highest BCUT2D eigenvalue weighted by molar-refractivity contribution is 5.47. The Hall–Kier alpha value is -2.17. The third-order valence-corrected chi connectivity index (χ3v) is 2.50. The SMILES string of the molecule is CN(C)c1cc(NCc2ccc(F)cc2)ncn1. The van der Waals surface area contributed by atoms with Gasteiger partial charge in [0.1, 0.15) is 23.8 Å². The lowest BCUT2D eigenvalue weighted by molar-refractivity contribution is 0.627. The van der Waals surface area contributed by atoms with Crippen molar-refractivity contribution >= 4 is 11.6 Å². The molecule has 0 unspecified atom stereocenters. The molecule has 0 aliphatic carbocycles. The van der Waals surface area contributed by atoms with Gasteiger partial charge in [-0.1, -0.05) is 12.1 Å². The van der Waals surface area contributed by atoms with Crippen LogP contribution in [0.1, 0.15) is 5.56 Å². The molecule has 18 heavy (non-hydrogen) atoms. The second-order valence-corrected chi connectivity index (χ2v) is 4.14. The molecule has 0 aliphatic heterocycles. The van der Waals surface area contributed by atoms with Gasteiger partial charge in [-0.25, -0.2) is 14.4 Å². The zero-order valence-corrected chi connectivity index (χ0v) is 10.4. The van der Waals surface area contributed by atoms with E-state index in [9.17, 15) is 4.39 Å². The molecule has 1 N–H and O–H groups in total. The molecule has 2 rings (SSSR count). The van der Waals surface area contributed by atoms with E-state index in [1.165, 1.54) is 18.5 Å². The Morgan fingerprint density at radius 3 is 2.56 bits per heavy atom. The van der Waals surface area contributed by atoms with E-state index in [0.29, 0.717) is 6.54 Å². The first-order valence-corrected chi connectivity index (χ1v) is 5.63. The van der Waals surface area contributed by atoms with Gasteiger partial charge in [0.2, 0.25) is 0 Å². The average molecular weight is 246 g/mol. The Kier molecular flexibility index (Phi) is 3.72. The standard InChI is InChI=1S/C13H15FN4/c1-18(2)13-7-12(16-9-17-13)15-8-10-3-5-11(14)6-4-10/h3-7,9H,8H2,1-2H3,(H,15,16,17). The van der Waals surface area contributed by atoms with E-state index in [-0.39, 0.29) is 5.82 Å². The fourth-order valence-corrected chi connectivity index (χ4v) is 1.48. The van der Waals surface area contributed by atoms with Crippen molar-refractivity contribution in [3.8, 4) is 0 Å². The Morgan fingerprint density at radius 2 is 1.89 bits per heavy atom. The molecule has 0 spiro atoms. The van der Waals surface area contributed by atoms with Gasteiger partial charge in [-0.05, 0) is 17.7 Å². The van der Waals surface area contributed by atoms with E-state index in [1.54, 1.807) is 12.1 Å². The van der Waals surface area contributed by atoms with E-state index >= 15 is 0 Å². The van der Waals surface area contributed by atoms with Gasteiger partial charge < -0.3 is 10.2 Å². The summed E-state index contributed by atoms with van der Waals surface area (Å²) in [5.41, 5.74) is 1.00. The minimum Gasteiger partial charge on any atom is -0.366 e. The molecule has 0 atom stereocenters. The summed E-state index contributed by atoms with van der Waals surface area (Å²) in [7, 11) is 3.85. The highest BCUT2D eigenvalue weighted by Gasteiger charge is 2.00. The van der Waals surface area contributed by atoms with Crippen LogP contribution in [0.2, 0.25) is 0 Å². The third-order valence-electron chi connectivity index (χ3n) is 2.50. The predicted molar refractivity (Wildman–Crippen MR) is 70.1 cm³/mol. The monoisotopic (exact) mass is 246 g/mol. The summed E-state index contributed by atoms with van der Waals surface area (Å²) < 4.78 is 12.7. The maximum absolute atomic E-state index is 12.7. The highest BCUT2D eigenvalue weighted by Crippen LogP contribution is 2.12. The van der Waals surface area contributed by atoms with Gasteiger partial charge in [0.15, 0.2) is 0 Å². The van der Waals surface area contributed by atoms with Crippen molar-refractivity contribution in [3.63, 3.8) is 0 Å². The Balaban J connectivity index is 2.01. The Labute approximate surface area is 105 Å². The molecular weight excluding hydrogens is 231 g/mol. The van der Waals surface area contributed by atoms with E-state index in [4.69, 9.17) is 0 Å². The lowest BCUT2D eigenvalue weighted by Crippen LogP contribution is -2.11. The second-order valence-electron chi connectivity index (χ2n) is 4.14. The summed E-state index contributed by atoms with van der Waals surface area (Å²) in [6, 6.07) is 8.25. The van der Waals surface area contributed by atoms with Crippen LogP contribution in [0.15, 0.2) is 36.7 Å². The van der Waals surface area contributed by atoms with Crippen LogP contribution in [-0.4, -0.2) is 24.1 Å². The molecule has 0 radical (unpaired) electrons. The van der Waals surface area contributed by atoms with Gasteiger partial charge in [-0.15, -0.1) is 0 Å². The summed E-state index contributed by atoms with van der Waals surface area (Å²) in [6.07, 6.45) is 1.52. The van der Waals surface area contributed by atoms with E-state index in [2.05, 4.69) is 15.3 Å². The van der Waals surface area contributed by atoms with Gasteiger partial charge in [-0.2, -0.15) is 0 Å². The van der Waals surface area contributed by atoms with Crippen LogP contribution < -0.4 is 10.2 Å². The molecule has 2 aromatic rings. The molecule has 1 aromatic carbocycles. The van der Waals surface area contributed by atoms with Gasteiger partial charge in [0.05, 0.1) is 0 Å². The van der Waals surface area contributed by atoms with Gasteiger partial charge in [-0.3, -0.25) is 0 Å². The molecular formula is C13H15FN4. The average Bonchev–Trinajstić information content (AvgIpc) is 2.38. The number of halogens is 1. The number of rotatable bonds is 4. The molecule has 0 bridgehead atoms. The molecule has 1 aromatic heterocycles. The number of nitrogens with zero attached hydrogens (tertiary/aromatic N) is 3. The summed E-state index contributed by atoms with van der Waals surface area (Å²) in [5.74, 6) is 1.36. The molecule has 0 saturated carbocycles. The van der Waals surface area contributed by atoms with Crippen LogP contribution in [-0.2, 0) is 6.54 Å².